The largest absolute Gasteiger partial charge is 0.493 e. The van der Waals surface area contributed by atoms with Crippen LogP contribution in [0.2, 0.25) is 0 Å². The van der Waals surface area contributed by atoms with Crippen LogP contribution in [0.15, 0.2) is 84.0 Å². The molecule has 1 saturated carbocycles. The second-order valence-electron chi connectivity index (χ2n) is 15.2. The molecule has 3 bridgehead atoms. The summed E-state index contributed by atoms with van der Waals surface area (Å²) in [5, 5.41) is 12.5. The van der Waals surface area contributed by atoms with Gasteiger partial charge in [-0.2, -0.15) is 0 Å². The lowest BCUT2D eigenvalue weighted by molar-refractivity contribution is -0.425. The van der Waals surface area contributed by atoms with Crippen molar-refractivity contribution in [2.45, 2.75) is 75.3 Å². The number of esters is 1. The van der Waals surface area contributed by atoms with Crippen molar-refractivity contribution in [2.75, 3.05) is 33.9 Å². The van der Waals surface area contributed by atoms with E-state index in [1.165, 1.54) is 12.0 Å². The molecule has 0 unspecified atom stereocenters. The number of nitrogens with zero attached hydrogens (tertiary/aromatic N) is 1. The van der Waals surface area contributed by atoms with Gasteiger partial charge < -0.3 is 44.2 Å². The standard InChI is InChI=1S/C41H48N2O10/c1-24(2)39-20-26(4)41-30(36(39)51-40(52-39,53-41)22-27-10-8-7-9-11-27)17-29(21-38(47)33(41)16-25(3)35(38)45)23-49-34(44)19-28-12-13-31(32(18-28)48-6)50-37(46)43(5)15-14-42/h7-13,16,18,21,26,30,33,36,47H,1,14-15,17,19-20,22-23,42H2,2-6H3/t26-,30+,33-,36-,38-,39-,40-,41-/m1/s1. The Hall–Kier alpha value is -4.33. The van der Waals surface area contributed by atoms with E-state index in [0.29, 0.717) is 42.5 Å². The third-order valence-electron chi connectivity index (χ3n) is 11.7. The predicted molar refractivity (Wildman–Crippen MR) is 193 cm³/mol. The van der Waals surface area contributed by atoms with E-state index in [4.69, 9.17) is 34.2 Å². The van der Waals surface area contributed by atoms with E-state index >= 15 is 0 Å². The summed E-state index contributed by atoms with van der Waals surface area (Å²) < 4.78 is 37.7. The van der Waals surface area contributed by atoms with Gasteiger partial charge in [-0.05, 0) is 78.7 Å². The van der Waals surface area contributed by atoms with Crippen molar-refractivity contribution in [3.05, 3.63) is 95.1 Å². The van der Waals surface area contributed by atoms with Crippen molar-refractivity contribution >= 4 is 17.8 Å². The summed E-state index contributed by atoms with van der Waals surface area (Å²) in [6, 6.07) is 14.6. The van der Waals surface area contributed by atoms with Gasteiger partial charge in [0.25, 0.3) is 5.97 Å². The fraction of sp³-hybridized carbons (Fsp3) is 0.488. The second-order valence-corrected chi connectivity index (χ2v) is 15.2. The molecule has 2 aliphatic heterocycles. The Bertz CT molecular complexity index is 1890. The second kappa shape index (κ2) is 13.5. The molecular weight excluding hydrogens is 680 g/mol. The zero-order valence-electron chi connectivity index (χ0n) is 30.9. The van der Waals surface area contributed by atoms with Crippen molar-refractivity contribution in [1.29, 1.82) is 0 Å². The molecule has 2 saturated heterocycles. The number of hydrogen-bond acceptors (Lipinski definition) is 11. The monoisotopic (exact) mass is 728 g/mol. The first kappa shape index (κ1) is 37.0. The summed E-state index contributed by atoms with van der Waals surface area (Å²) in [6.45, 7) is 10.6. The molecular formula is C41H48N2O10. The van der Waals surface area contributed by atoms with Crippen LogP contribution in [-0.2, 0) is 41.4 Å². The quantitative estimate of drug-likeness (QED) is 0.249. The van der Waals surface area contributed by atoms with Gasteiger partial charge in [0.05, 0.1) is 25.6 Å². The first-order valence-electron chi connectivity index (χ1n) is 18.1. The molecule has 3 fully saturated rings. The molecule has 5 aliphatic rings. The lowest BCUT2D eigenvalue weighted by Crippen LogP contribution is -2.70. The number of ether oxygens (including phenoxy) is 6. The number of rotatable bonds is 11. The fourth-order valence-corrected chi connectivity index (χ4v) is 9.30. The van der Waals surface area contributed by atoms with Gasteiger partial charge in [-0.1, -0.05) is 56.0 Å². The minimum Gasteiger partial charge on any atom is -0.493 e. The molecule has 0 radical (unpaired) electrons. The van der Waals surface area contributed by atoms with Crippen molar-refractivity contribution < 1.29 is 47.9 Å². The van der Waals surface area contributed by atoms with Crippen LogP contribution in [-0.4, -0.2) is 90.6 Å². The van der Waals surface area contributed by atoms with Crippen LogP contribution < -0.4 is 15.2 Å². The van der Waals surface area contributed by atoms with Crippen molar-refractivity contribution in [1.82, 2.24) is 4.90 Å². The maximum absolute atomic E-state index is 13.9. The lowest BCUT2D eigenvalue weighted by atomic mass is 9.54. The Morgan fingerprint density at radius 3 is 2.57 bits per heavy atom. The number of nitrogens with two attached hydrogens (primary N) is 1. The van der Waals surface area contributed by atoms with E-state index in [1.54, 1.807) is 38.2 Å². The Balaban J connectivity index is 1.16. The number of carbonyl (C=O) groups excluding carboxylic acids is 3. The maximum atomic E-state index is 13.9. The molecule has 0 spiro atoms. The van der Waals surface area contributed by atoms with E-state index in [9.17, 15) is 19.5 Å². The highest BCUT2D eigenvalue weighted by Crippen LogP contribution is 2.68. The van der Waals surface area contributed by atoms with Crippen molar-refractivity contribution in [2.24, 2.45) is 23.5 Å². The highest BCUT2D eigenvalue weighted by molar-refractivity contribution is 6.06. The van der Waals surface area contributed by atoms with E-state index < -0.39 is 52.6 Å². The fourth-order valence-electron chi connectivity index (χ4n) is 9.30. The smallest absolute Gasteiger partial charge is 0.415 e. The first-order chi connectivity index (χ1) is 25.2. The number of aliphatic hydroxyl groups is 1. The molecule has 53 heavy (non-hydrogen) atoms. The third kappa shape index (κ3) is 6.01. The zero-order chi connectivity index (χ0) is 37.9. The predicted octanol–water partition coefficient (Wildman–Crippen LogP) is 4.43. The lowest BCUT2D eigenvalue weighted by Gasteiger charge is -2.59. The molecule has 12 heteroatoms. The van der Waals surface area contributed by atoms with Crippen LogP contribution in [0, 0.1) is 17.8 Å². The van der Waals surface area contributed by atoms with Crippen LogP contribution in [0.3, 0.4) is 0 Å². The number of likely N-dealkylation sites (N-methyl/N-ethyl adjacent to an activating group) is 1. The van der Waals surface area contributed by atoms with Gasteiger partial charge in [0.1, 0.15) is 18.3 Å². The Morgan fingerprint density at radius 2 is 1.87 bits per heavy atom. The normalized spacial score (nSPS) is 33.6. The Kier molecular flexibility index (Phi) is 9.43. The van der Waals surface area contributed by atoms with Crippen LogP contribution in [0.5, 0.6) is 11.5 Å². The summed E-state index contributed by atoms with van der Waals surface area (Å²) in [4.78, 5) is 40.9. The van der Waals surface area contributed by atoms with Crippen LogP contribution in [0.25, 0.3) is 0 Å². The average Bonchev–Trinajstić information content (AvgIpc) is 3.43. The minimum atomic E-state index is -1.93. The van der Waals surface area contributed by atoms with E-state index in [-0.39, 0.29) is 42.9 Å². The summed E-state index contributed by atoms with van der Waals surface area (Å²) in [7, 11) is 3.02. The van der Waals surface area contributed by atoms with Gasteiger partial charge in [-0.3, -0.25) is 9.59 Å². The van der Waals surface area contributed by atoms with E-state index in [2.05, 4.69) is 13.5 Å². The number of benzene rings is 2. The number of methoxy groups -OCH3 is 1. The number of amides is 1. The SMILES string of the molecule is C=C(C)[C@]12C[C@@H](C)[C@@]34O[C@](Cc5ccccc5)(O[C@@H]1[C@@H]3CC(COC(=O)Cc1ccc(OC(=O)N(C)CCN)c(OC)c1)=C[C@]1(O)C(=O)C(C)=C[C@@H]41)O2. The molecule has 7 rings (SSSR count). The molecule has 2 heterocycles. The molecule has 2 aromatic carbocycles. The van der Waals surface area contributed by atoms with E-state index in [0.717, 1.165) is 11.1 Å². The van der Waals surface area contributed by atoms with Crippen LogP contribution in [0.4, 0.5) is 4.79 Å². The third-order valence-corrected chi connectivity index (χ3v) is 11.7. The molecule has 2 aromatic rings. The molecule has 8 atom stereocenters. The van der Waals surface area contributed by atoms with Gasteiger partial charge in [-0.15, -0.1) is 0 Å². The Labute approximate surface area is 309 Å². The highest BCUT2D eigenvalue weighted by atomic mass is 16.9. The number of ketones is 1. The van der Waals surface area contributed by atoms with Crippen molar-refractivity contribution in [3.63, 3.8) is 0 Å². The van der Waals surface area contributed by atoms with Gasteiger partial charge in [0.2, 0.25) is 0 Å². The number of fused-ring (bicyclic) bond motifs is 2. The van der Waals surface area contributed by atoms with Gasteiger partial charge in [-0.25, -0.2) is 4.79 Å². The summed E-state index contributed by atoms with van der Waals surface area (Å²) in [5.41, 5.74) is 5.05. The summed E-state index contributed by atoms with van der Waals surface area (Å²) in [6.07, 6.45) is 3.39. The molecule has 3 N–H and O–H groups in total. The molecule has 282 valence electrons. The summed E-state index contributed by atoms with van der Waals surface area (Å²) in [5.74, 6) is -3.24. The number of hydrogen-bond donors (Lipinski definition) is 2. The molecule has 12 nitrogen and oxygen atoms in total. The minimum absolute atomic E-state index is 0.106. The summed E-state index contributed by atoms with van der Waals surface area (Å²) >= 11 is 0. The Morgan fingerprint density at radius 1 is 1.11 bits per heavy atom. The number of Topliss-reactive ketones (excluding diaryl/α,β-unsaturated/α-hetero) is 1. The average molecular weight is 729 g/mol. The van der Waals surface area contributed by atoms with Gasteiger partial charge in [0, 0.05) is 32.0 Å². The maximum Gasteiger partial charge on any atom is 0.415 e. The topological polar surface area (TPSA) is 156 Å². The van der Waals surface area contributed by atoms with Gasteiger partial charge in [0.15, 0.2) is 22.9 Å². The highest BCUT2D eigenvalue weighted by Gasteiger charge is 2.79. The van der Waals surface area contributed by atoms with Gasteiger partial charge >= 0.3 is 12.1 Å². The molecule has 1 amide bonds. The van der Waals surface area contributed by atoms with E-state index in [1.807, 2.05) is 43.3 Å². The van der Waals surface area contributed by atoms with Crippen LogP contribution >= 0.6 is 0 Å². The molecule has 3 aliphatic carbocycles. The van der Waals surface area contributed by atoms with Crippen LogP contribution in [0.1, 0.15) is 44.7 Å². The molecule has 0 aromatic heterocycles. The first-order valence-corrected chi connectivity index (χ1v) is 18.1. The number of carbonyl (C=O) groups is 3. The zero-order valence-corrected chi connectivity index (χ0v) is 30.9. The van der Waals surface area contributed by atoms with Crippen molar-refractivity contribution in [3.8, 4) is 11.5 Å².